The Morgan fingerprint density at radius 1 is 1.18 bits per heavy atom. The molecule has 1 aliphatic rings. The summed E-state index contributed by atoms with van der Waals surface area (Å²) in [5, 5.41) is 4.12. The van der Waals surface area contributed by atoms with Crippen LogP contribution in [-0.4, -0.2) is 28.1 Å². The van der Waals surface area contributed by atoms with Gasteiger partial charge in [-0.25, -0.2) is 0 Å². The van der Waals surface area contributed by atoms with Gasteiger partial charge in [0, 0.05) is 18.5 Å². The Kier molecular flexibility index (Phi) is 4.86. The predicted molar refractivity (Wildman–Crippen MR) is 105 cm³/mol. The van der Waals surface area contributed by atoms with Crippen LogP contribution in [0.25, 0.3) is 11.4 Å². The molecule has 0 aliphatic carbocycles. The Labute approximate surface area is 164 Å². The maximum absolute atomic E-state index is 12.5. The lowest BCUT2D eigenvalue weighted by atomic mass is 10.0. The number of carbonyl (C=O) groups excluding carboxylic acids is 1. The first-order valence-electron chi connectivity index (χ1n) is 9.39. The van der Waals surface area contributed by atoms with E-state index in [2.05, 4.69) is 42.2 Å². The minimum Gasteiger partial charge on any atom is -0.497 e. The highest BCUT2D eigenvalue weighted by atomic mass is 16.5. The van der Waals surface area contributed by atoms with Crippen LogP contribution in [-0.2, 0) is 11.3 Å². The second-order valence-corrected chi connectivity index (χ2v) is 7.19. The molecule has 0 saturated carbocycles. The van der Waals surface area contributed by atoms with Gasteiger partial charge in [0.15, 0.2) is 0 Å². The molecule has 0 bridgehead atoms. The fourth-order valence-corrected chi connectivity index (χ4v) is 3.62. The molecule has 2 heterocycles. The monoisotopic (exact) mass is 377 g/mol. The van der Waals surface area contributed by atoms with Crippen LogP contribution >= 0.6 is 0 Å². The number of nitrogens with zero attached hydrogens (tertiary/aromatic N) is 3. The molecule has 1 fully saturated rings. The largest absolute Gasteiger partial charge is 0.497 e. The van der Waals surface area contributed by atoms with E-state index in [4.69, 9.17) is 9.26 Å². The van der Waals surface area contributed by atoms with Crippen molar-refractivity contribution in [2.45, 2.75) is 39.3 Å². The third kappa shape index (κ3) is 3.50. The smallest absolute Gasteiger partial charge is 0.249 e. The zero-order chi connectivity index (χ0) is 19.7. The zero-order valence-corrected chi connectivity index (χ0v) is 16.3. The van der Waals surface area contributed by atoms with Crippen molar-refractivity contribution in [2.75, 3.05) is 7.11 Å². The van der Waals surface area contributed by atoms with E-state index in [9.17, 15) is 4.79 Å². The molecule has 0 N–H and O–H groups in total. The van der Waals surface area contributed by atoms with Crippen LogP contribution in [0.2, 0.25) is 0 Å². The minimum atomic E-state index is -0.187. The highest BCUT2D eigenvalue weighted by molar-refractivity contribution is 5.79. The third-order valence-electron chi connectivity index (χ3n) is 5.24. The lowest BCUT2D eigenvalue weighted by molar-refractivity contribution is -0.130. The molecule has 0 radical (unpaired) electrons. The molecule has 6 nitrogen and oxygen atoms in total. The summed E-state index contributed by atoms with van der Waals surface area (Å²) in [5.74, 6) is 1.90. The fourth-order valence-electron chi connectivity index (χ4n) is 3.62. The van der Waals surface area contributed by atoms with E-state index in [-0.39, 0.29) is 11.9 Å². The maximum Gasteiger partial charge on any atom is 0.249 e. The summed E-state index contributed by atoms with van der Waals surface area (Å²) in [4.78, 5) is 18.9. The summed E-state index contributed by atoms with van der Waals surface area (Å²) in [5.41, 5.74) is 4.39. The number of benzene rings is 2. The number of amides is 1. The van der Waals surface area contributed by atoms with Crippen LogP contribution in [0.3, 0.4) is 0 Å². The molecule has 144 valence electrons. The molecule has 2 aromatic carbocycles. The van der Waals surface area contributed by atoms with E-state index in [0.29, 0.717) is 31.1 Å². The number of ether oxygens (including phenoxy) is 1. The van der Waals surface area contributed by atoms with Gasteiger partial charge in [0.1, 0.15) is 11.8 Å². The Bertz CT molecular complexity index is 995. The van der Waals surface area contributed by atoms with Gasteiger partial charge in [-0.1, -0.05) is 28.9 Å². The lowest BCUT2D eigenvalue weighted by Gasteiger charge is -2.23. The molecule has 1 atom stereocenters. The number of hydrogen-bond donors (Lipinski definition) is 0. The highest BCUT2D eigenvalue weighted by Crippen LogP contribution is 2.34. The second kappa shape index (κ2) is 7.46. The molecule has 1 aromatic heterocycles. The molecule has 4 rings (SSSR count). The zero-order valence-electron chi connectivity index (χ0n) is 16.3. The highest BCUT2D eigenvalue weighted by Gasteiger charge is 2.36. The van der Waals surface area contributed by atoms with Gasteiger partial charge in [-0.3, -0.25) is 4.79 Å². The van der Waals surface area contributed by atoms with Gasteiger partial charge in [-0.2, -0.15) is 4.98 Å². The van der Waals surface area contributed by atoms with Crippen LogP contribution in [0.5, 0.6) is 5.75 Å². The van der Waals surface area contributed by atoms with Crippen molar-refractivity contribution >= 4 is 5.91 Å². The van der Waals surface area contributed by atoms with Gasteiger partial charge >= 0.3 is 0 Å². The topological polar surface area (TPSA) is 68.5 Å². The third-order valence-corrected chi connectivity index (χ3v) is 5.24. The standard InChI is InChI=1S/C22H23N3O3/c1-14-4-5-17(15(2)12-14)13-25-19(10-11-20(25)26)22-23-21(24-28-22)16-6-8-18(27-3)9-7-16/h4-9,12,19H,10-11,13H2,1-3H3. The van der Waals surface area contributed by atoms with Gasteiger partial charge in [0.25, 0.3) is 0 Å². The normalized spacial score (nSPS) is 16.6. The summed E-state index contributed by atoms with van der Waals surface area (Å²) in [7, 11) is 1.63. The van der Waals surface area contributed by atoms with Crippen molar-refractivity contribution in [3.05, 3.63) is 65.0 Å². The van der Waals surface area contributed by atoms with E-state index >= 15 is 0 Å². The van der Waals surface area contributed by atoms with Crippen LogP contribution in [0.15, 0.2) is 47.0 Å². The summed E-state index contributed by atoms with van der Waals surface area (Å²) in [6.45, 7) is 4.70. The van der Waals surface area contributed by atoms with E-state index in [1.54, 1.807) is 7.11 Å². The quantitative estimate of drug-likeness (QED) is 0.666. The van der Waals surface area contributed by atoms with Crippen LogP contribution in [0.4, 0.5) is 0 Å². The molecule has 1 unspecified atom stereocenters. The molecule has 1 amide bonds. The number of methoxy groups -OCH3 is 1. The SMILES string of the molecule is COc1ccc(-c2noc(C3CCC(=O)N3Cc3ccc(C)cc3C)n2)cc1. The van der Waals surface area contributed by atoms with Crippen molar-refractivity contribution in [1.82, 2.24) is 15.0 Å². The van der Waals surface area contributed by atoms with Crippen molar-refractivity contribution < 1.29 is 14.1 Å². The molecular weight excluding hydrogens is 354 g/mol. The molecule has 1 saturated heterocycles. The average Bonchev–Trinajstić information content (AvgIpc) is 3.31. The van der Waals surface area contributed by atoms with Crippen LogP contribution in [0.1, 0.15) is 41.5 Å². The van der Waals surface area contributed by atoms with E-state index in [0.717, 1.165) is 16.9 Å². The first kappa shape index (κ1) is 18.2. The molecule has 3 aromatic rings. The maximum atomic E-state index is 12.5. The molecule has 6 heteroatoms. The van der Waals surface area contributed by atoms with Gasteiger partial charge in [-0.05, 0) is 55.7 Å². The van der Waals surface area contributed by atoms with Crippen LogP contribution < -0.4 is 4.74 Å². The Balaban J connectivity index is 1.57. The van der Waals surface area contributed by atoms with E-state index < -0.39 is 0 Å². The minimum absolute atomic E-state index is 0.120. The van der Waals surface area contributed by atoms with Crippen molar-refractivity contribution in [2.24, 2.45) is 0 Å². The van der Waals surface area contributed by atoms with Gasteiger partial charge in [0.05, 0.1) is 7.11 Å². The molecular formula is C22H23N3O3. The number of hydrogen-bond acceptors (Lipinski definition) is 5. The second-order valence-electron chi connectivity index (χ2n) is 7.19. The van der Waals surface area contributed by atoms with Gasteiger partial charge in [0.2, 0.25) is 17.6 Å². The number of carbonyl (C=O) groups is 1. The number of aromatic nitrogens is 2. The molecule has 28 heavy (non-hydrogen) atoms. The lowest BCUT2D eigenvalue weighted by Crippen LogP contribution is -2.27. The average molecular weight is 377 g/mol. The predicted octanol–water partition coefficient (Wildman–Crippen LogP) is 4.23. The van der Waals surface area contributed by atoms with E-state index in [1.807, 2.05) is 29.2 Å². The summed E-state index contributed by atoms with van der Waals surface area (Å²) >= 11 is 0. The number of likely N-dealkylation sites (tertiary alicyclic amines) is 1. The van der Waals surface area contributed by atoms with Crippen LogP contribution in [0, 0.1) is 13.8 Å². The first-order chi connectivity index (χ1) is 13.5. The summed E-state index contributed by atoms with van der Waals surface area (Å²) in [6, 6.07) is 13.6. The van der Waals surface area contributed by atoms with Crippen molar-refractivity contribution in [3.63, 3.8) is 0 Å². The molecule has 1 aliphatic heterocycles. The first-order valence-corrected chi connectivity index (χ1v) is 9.39. The Morgan fingerprint density at radius 3 is 2.68 bits per heavy atom. The summed E-state index contributed by atoms with van der Waals surface area (Å²) in [6.07, 6.45) is 1.18. The Hall–Kier alpha value is -3.15. The molecule has 0 spiro atoms. The van der Waals surface area contributed by atoms with E-state index in [1.165, 1.54) is 11.1 Å². The fraction of sp³-hybridized carbons (Fsp3) is 0.318. The summed E-state index contributed by atoms with van der Waals surface area (Å²) < 4.78 is 10.7. The van der Waals surface area contributed by atoms with Crippen molar-refractivity contribution in [3.8, 4) is 17.1 Å². The Morgan fingerprint density at radius 2 is 1.96 bits per heavy atom. The van der Waals surface area contributed by atoms with Crippen molar-refractivity contribution in [1.29, 1.82) is 0 Å². The number of aryl methyl sites for hydroxylation is 2. The number of rotatable bonds is 5. The van der Waals surface area contributed by atoms with Gasteiger partial charge < -0.3 is 14.2 Å². The van der Waals surface area contributed by atoms with Gasteiger partial charge in [-0.15, -0.1) is 0 Å².